The Balaban J connectivity index is 2.34. The van der Waals surface area contributed by atoms with Gasteiger partial charge in [-0.2, -0.15) is 0 Å². The van der Waals surface area contributed by atoms with Crippen molar-refractivity contribution in [3.8, 4) is 0 Å². The van der Waals surface area contributed by atoms with Gasteiger partial charge in [0.15, 0.2) is 0 Å². The van der Waals surface area contributed by atoms with Crippen LogP contribution in [0.1, 0.15) is 33.1 Å². The van der Waals surface area contributed by atoms with Crippen molar-refractivity contribution >= 4 is 5.91 Å². The molecule has 0 saturated carbocycles. The zero-order valence-electron chi connectivity index (χ0n) is 8.99. The summed E-state index contributed by atoms with van der Waals surface area (Å²) in [4.78, 5) is 13.5. The van der Waals surface area contributed by atoms with Crippen molar-refractivity contribution < 1.29 is 9.90 Å². The second-order valence-electron chi connectivity index (χ2n) is 4.04. The Kier molecular flexibility index (Phi) is 4.14. The largest absolute Gasteiger partial charge is 0.393 e. The van der Waals surface area contributed by atoms with Crippen molar-refractivity contribution in [3.05, 3.63) is 11.6 Å². The Morgan fingerprint density at radius 3 is 3.00 bits per heavy atom. The average molecular weight is 197 g/mol. The molecule has 1 N–H and O–H groups in total. The van der Waals surface area contributed by atoms with Gasteiger partial charge in [0.2, 0.25) is 5.91 Å². The van der Waals surface area contributed by atoms with E-state index in [1.165, 1.54) is 5.57 Å². The van der Waals surface area contributed by atoms with Crippen LogP contribution >= 0.6 is 0 Å². The maximum Gasteiger partial charge on any atom is 0.222 e. The lowest BCUT2D eigenvalue weighted by Crippen LogP contribution is -2.35. The Bertz CT molecular complexity index is 233. The molecule has 1 heterocycles. The molecule has 14 heavy (non-hydrogen) atoms. The Hall–Kier alpha value is -0.830. The molecular formula is C11H19NO2. The molecule has 1 aliphatic rings. The summed E-state index contributed by atoms with van der Waals surface area (Å²) in [6, 6.07) is 0. The van der Waals surface area contributed by atoms with Crippen LogP contribution in [0.3, 0.4) is 0 Å². The quantitative estimate of drug-likeness (QED) is 0.693. The highest BCUT2D eigenvalue weighted by molar-refractivity contribution is 5.76. The summed E-state index contributed by atoms with van der Waals surface area (Å²) in [6.07, 6.45) is 3.80. The van der Waals surface area contributed by atoms with E-state index in [0.717, 1.165) is 19.5 Å². The third-order valence-electron chi connectivity index (χ3n) is 2.46. The van der Waals surface area contributed by atoms with Gasteiger partial charge in [0, 0.05) is 19.5 Å². The molecule has 0 saturated heterocycles. The minimum atomic E-state index is -0.375. The molecule has 0 fully saturated rings. The molecule has 0 bridgehead atoms. The lowest BCUT2D eigenvalue weighted by molar-refractivity contribution is -0.131. The average Bonchev–Trinajstić information content (AvgIpc) is 2.14. The number of rotatable bonds is 3. The molecule has 1 atom stereocenters. The van der Waals surface area contributed by atoms with E-state index in [1.807, 2.05) is 11.8 Å². The predicted molar refractivity (Wildman–Crippen MR) is 55.9 cm³/mol. The molecule has 3 nitrogen and oxygen atoms in total. The van der Waals surface area contributed by atoms with Crippen molar-refractivity contribution in [2.45, 2.75) is 39.2 Å². The van der Waals surface area contributed by atoms with Gasteiger partial charge in [0.25, 0.3) is 0 Å². The lowest BCUT2D eigenvalue weighted by Gasteiger charge is -2.26. The maximum absolute atomic E-state index is 11.6. The fourth-order valence-electron chi connectivity index (χ4n) is 1.61. The number of carbonyl (C=O) groups is 1. The van der Waals surface area contributed by atoms with E-state index in [9.17, 15) is 4.79 Å². The molecule has 0 radical (unpaired) electrons. The van der Waals surface area contributed by atoms with Crippen LogP contribution in [-0.2, 0) is 4.79 Å². The Morgan fingerprint density at radius 1 is 1.71 bits per heavy atom. The third-order valence-corrected chi connectivity index (χ3v) is 2.46. The second kappa shape index (κ2) is 5.15. The number of aliphatic hydroxyl groups is 1. The first-order chi connectivity index (χ1) is 6.59. The summed E-state index contributed by atoms with van der Waals surface area (Å²) in [7, 11) is 0. The Labute approximate surface area is 85.4 Å². The van der Waals surface area contributed by atoms with E-state index < -0.39 is 0 Å². The summed E-state index contributed by atoms with van der Waals surface area (Å²) in [5.74, 6) is 0.165. The lowest BCUT2D eigenvalue weighted by atomic mass is 10.1. The van der Waals surface area contributed by atoms with E-state index in [-0.39, 0.29) is 12.0 Å². The molecule has 0 aromatic heterocycles. The minimum absolute atomic E-state index is 0.165. The number of nitrogens with zero attached hydrogens (tertiary/aromatic N) is 1. The summed E-state index contributed by atoms with van der Waals surface area (Å²) < 4.78 is 0. The third kappa shape index (κ3) is 3.50. The van der Waals surface area contributed by atoms with Gasteiger partial charge < -0.3 is 10.0 Å². The molecule has 1 rings (SSSR count). The zero-order valence-corrected chi connectivity index (χ0v) is 8.99. The molecule has 0 spiro atoms. The number of hydrogen-bond acceptors (Lipinski definition) is 2. The Morgan fingerprint density at radius 2 is 2.43 bits per heavy atom. The van der Waals surface area contributed by atoms with Crippen LogP contribution in [0.5, 0.6) is 0 Å². The molecule has 0 aliphatic carbocycles. The van der Waals surface area contributed by atoms with Gasteiger partial charge in [-0.3, -0.25) is 4.79 Å². The minimum Gasteiger partial charge on any atom is -0.393 e. The van der Waals surface area contributed by atoms with E-state index >= 15 is 0 Å². The first kappa shape index (κ1) is 11.2. The van der Waals surface area contributed by atoms with Crippen molar-refractivity contribution in [1.82, 2.24) is 4.90 Å². The van der Waals surface area contributed by atoms with Crippen molar-refractivity contribution in [1.29, 1.82) is 0 Å². The van der Waals surface area contributed by atoms with Crippen LogP contribution in [0, 0.1) is 0 Å². The molecule has 0 aromatic rings. The highest BCUT2D eigenvalue weighted by Gasteiger charge is 2.16. The van der Waals surface area contributed by atoms with Gasteiger partial charge in [-0.05, 0) is 26.7 Å². The van der Waals surface area contributed by atoms with Crippen molar-refractivity contribution in [3.63, 3.8) is 0 Å². The van der Waals surface area contributed by atoms with E-state index in [0.29, 0.717) is 12.8 Å². The van der Waals surface area contributed by atoms with E-state index in [2.05, 4.69) is 6.08 Å². The maximum atomic E-state index is 11.6. The second-order valence-corrected chi connectivity index (χ2v) is 4.04. The number of carbonyl (C=O) groups excluding carboxylic acids is 1. The van der Waals surface area contributed by atoms with Gasteiger partial charge in [-0.25, -0.2) is 0 Å². The first-order valence-corrected chi connectivity index (χ1v) is 5.21. The number of hydrogen-bond donors (Lipinski definition) is 1. The SMILES string of the molecule is CC1=CCCN(C(=O)CCC(C)O)C1. The fourth-order valence-corrected chi connectivity index (χ4v) is 1.61. The van der Waals surface area contributed by atoms with Crippen LogP contribution in [0.4, 0.5) is 0 Å². The highest BCUT2D eigenvalue weighted by atomic mass is 16.3. The van der Waals surface area contributed by atoms with Crippen LogP contribution in [0.2, 0.25) is 0 Å². The van der Waals surface area contributed by atoms with Gasteiger partial charge >= 0.3 is 0 Å². The van der Waals surface area contributed by atoms with Gasteiger partial charge in [0.05, 0.1) is 6.10 Å². The topological polar surface area (TPSA) is 40.5 Å². The standard InChI is InChI=1S/C11H19NO2/c1-9-4-3-7-12(8-9)11(14)6-5-10(2)13/h4,10,13H,3,5-8H2,1-2H3. The van der Waals surface area contributed by atoms with Gasteiger partial charge in [0.1, 0.15) is 0 Å². The smallest absolute Gasteiger partial charge is 0.222 e. The predicted octanol–water partition coefficient (Wildman–Crippen LogP) is 1.33. The highest BCUT2D eigenvalue weighted by Crippen LogP contribution is 2.11. The van der Waals surface area contributed by atoms with E-state index in [4.69, 9.17) is 5.11 Å². The molecule has 80 valence electrons. The van der Waals surface area contributed by atoms with Crippen molar-refractivity contribution in [2.24, 2.45) is 0 Å². The zero-order chi connectivity index (χ0) is 10.6. The molecule has 1 amide bonds. The first-order valence-electron chi connectivity index (χ1n) is 5.21. The molecule has 0 aromatic carbocycles. The van der Waals surface area contributed by atoms with Gasteiger partial charge in [-0.15, -0.1) is 0 Å². The van der Waals surface area contributed by atoms with Crippen LogP contribution in [0.25, 0.3) is 0 Å². The summed E-state index contributed by atoms with van der Waals surface area (Å²) in [6.45, 7) is 5.36. The summed E-state index contributed by atoms with van der Waals surface area (Å²) in [5, 5.41) is 9.07. The summed E-state index contributed by atoms with van der Waals surface area (Å²) >= 11 is 0. The number of aliphatic hydroxyl groups excluding tert-OH is 1. The fraction of sp³-hybridized carbons (Fsp3) is 0.727. The van der Waals surface area contributed by atoms with Gasteiger partial charge in [-0.1, -0.05) is 11.6 Å². The molecular weight excluding hydrogens is 178 g/mol. The van der Waals surface area contributed by atoms with Crippen LogP contribution in [-0.4, -0.2) is 35.1 Å². The monoisotopic (exact) mass is 197 g/mol. The van der Waals surface area contributed by atoms with Crippen LogP contribution in [0.15, 0.2) is 11.6 Å². The molecule has 1 unspecified atom stereocenters. The normalized spacial score (nSPS) is 19.1. The molecule has 1 aliphatic heterocycles. The summed E-state index contributed by atoms with van der Waals surface area (Å²) in [5.41, 5.74) is 1.27. The molecule has 3 heteroatoms. The number of amides is 1. The van der Waals surface area contributed by atoms with Crippen LogP contribution < -0.4 is 0 Å². The van der Waals surface area contributed by atoms with Crippen molar-refractivity contribution in [2.75, 3.05) is 13.1 Å². The van der Waals surface area contributed by atoms with E-state index in [1.54, 1.807) is 6.92 Å².